The maximum absolute atomic E-state index is 11.0. The first-order valence-electron chi connectivity index (χ1n) is 11.7. The average molecular weight is 449 g/mol. The van der Waals surface area contributed by atoms with E-state index in [-0.39, 0.29) is 13.2 Å². The van der Waals surface area contributed by atoms with E-state index in [2.05, 4.69) is 39.0 Å². The van der Waals surface area contributed by atoms with Crippen LogP contribution in [0.1, 0.15) is 65.6 Å². The van der Waals surface area contributed by atoms with Crippen molar-refractivity contribution in [1.82, 2.24) is 0 Å². The third kappa shape index (κ3) is 5.14. The van der Waals surface area contributed by atoms with E-state index in [9.17, 15) is 15.3 Å². The molecule has 0 radical (unpaired) electrons. The Bertz CT molecular complexity index is 1090. The Balaban J connectivity index is 1.92. The van der Waals surface area contributed by atoms with E-state index in [4.69, 9.17) is 4.74 Å². The van der Waals surface area contributed by atoms with Crippen LogP contribution in [0, 0.1) is 20.8 Å². The minimum atomic E-state index is -0.799. The number of ether oxygens (including phenoxy) is 1. The van der Waals surface area contributed by atoms with Crippen LogP contribution in [0.2, 0.25) is 0 Å². The molecule has 0 aromatic heterocycles. The predicted molar refractivity (Wildman–Crippen MR) is 133 cm³/mol. The number of hydrogen-bond donors (Lipinski definition) is 3. The molecule has 0 saturated carbocycles. The maximum atomic E-state index is 11.0. The maximum Gasteiger partial charge on any atom is 0.123 e. The van der Waals surface area contributed by atoms with Gasteiger partial charge >= 0.3 is 0 Å². The van der Waals surface area contributed by atoms with Gasteiger partial charge in [-0.3, -0.25) is 0 Å². The standard InChI is InChI=1S/C29H36O4/c1-6-29(32,7-2)25-13-19(3)28(20(4)14-25)26-9-8-10-27(21(26)5)33-18-22-11-12-23(16-30)24(15-22)17-31/h8-15,30-32H,6-7,16-18H2,1-5H3. The van der Waals surface area contributed by atoms with Crippen LogP contribution in [0.5, 0.6) is 5.75 Å². The molecule has 0 heterocycles. The van der Waals surface area contributed by atoms with E-state index in [1.54, 1.807) is 0 Å². The molecule has 0 spiro atoms. The van der Waals surface area contributed by atoms with E-state index < -0.39 is 5.60 Å². The Kier molecular flexibility index (Phi) is 7.96. The Morgan fingerprint density at radius 3 is 2.03 bits per heavy atom. The zero-order valence-electron chi connectivity index (χ0n) is 20.4. The Labute approximate surface area is 197 Å². The molecule has 4 nitrogen and oxygen atoms in total. The highest BCUT2D eigenvalue weighted by molar-refractivity contribution is 5.76. The molecule has 3 aromatic rings. The molecule has 0 bridgehead atoms. The van der Waals surface area contributed by atoms with E-state index >= 15 is 0 Å². The second kappa shape index (κ2) is 10.5. The summed E-state index contributed by atoms with van der Waals surface area (Å²) in [6.07, 6.45) is 1.36. The zero-order chi connectivity index (χ0) is 24.2. The molecule has 0 aliphatic rings. The molecule has 0 saturated heterocycles. The third-order valence-electron chi connectivity index (χ3n) is 6.80. The smallest absolute Gasteiger partial charge is 0.123 e. The Morgan fingerprint density at radius 2 is 1.45 bits per heavy atom. The molecule has 0 aliphatic carbocycles. The minimum Gasteiger partial charge on any atom is -0.489 e. The van der Waals surface area contributed by atoms with Crippen molar-refractivity contribution in [2.45, 2.75) is 72.9 Å². The van der Waals surface area contributed by atoms with E-state index in [0.717, 1.165) is 50.3 Å². The zero-order valence-corrected chi connectivity index (χ0v) is 20.4. The highest BCUT2D eigenvalue weighted by Gasteiger charge is 2.26. The first-order valence-corrected chi connectivity index (χ1v) is 11.7. The number of rotatable bonds is 9. The van der Waals surface area contributed by atoms with Crippen molar-refractivity contribution in [3.63, 3.8) is 0 Å². The Hall–Kier alpha value is -2.66. The molecule has 3 rings (SSSR count). The molecule has 0 amide bonds. The summed E-state index contributed by atoms with van der Waals surface area (Å²) in [5.41, 5.74) is 8.19. The normalized spacial score (nSPS) is 11.6. The van der Waals surface area contributed by atoms with Gasteiger partial charge in [0.05, 0.1) is 18.8 Å². The van der Waals surface area contributed by atoms with Crippen molar-refractivity contribution in [3.05, 3.63) is 87.5 Å². The first kappa shape index (κ1) is 25.0. The monoisotopic (exact) mass is 448 g/mol. The van der Waals surface area contributed by atoms with Gasteiger partial charge in [0, 0.05) is 0 Å². The number of benzene rings is 3. The lowest BCUT2D eigenvalue weighted by Crippen LogP contribution is -2.23. The van der Waals surface area contributed by atoms with Gasteiger partial charge in [-0.05, 0) is 95.8 Å². The van der Waals surface area contributed by atoms with Gasteiger partial charge in [0.25, 0.3) is 0 Å². The average Bonchev–Trinajstić information content (AvgIpc) is 2.83. The highest BCUT2D eigenvalue weighted by Crippen LogP contribution is 2.38. The predicted octanol–water partition coefficient (Wildman–Crippen LogP) is 5.85. The van der Waals surface area contributed by atoms with E-state index in [1.165, 1.54) is 5.56 Å². The van der Waals surface area contributed by atoms with Crippen LogP contribution >= 0.6 is 0 Å². The van der Waals surface area contributed by atoms with Crippen LogP contribution in [0.25, 0.3) is 11.1 Å². The summed E-state index contributed by atoms with van der Waals surface area (Å²) >= 11 is 0. The van der Waals surface area contributed by atoms with E-state index in [1.807, 2.05) is 44.2 Å². The van der Waals surface area contributed by atoms with Gasteiger partial charge in [-0.2, -0.15) is 0 Å². The largest absolute Gasteiger partial charge is 0.489 e. The molecule has 0 aliphatic heterocycles. The van der Waals surface area contributed by atoms with Gasteiger partial charge in [-0.15, -0.1) is 0 Å². The molecule has 176 valence electrons. The number of aliphatic hydroxyl groups is 3. The van der Waals surface area contributed by atoms with Gasteiger partial charge in [-0.1, -0.05) is 50.2 Å². The van der Waals surface area contributed by atoms with Gasteiger partial charge < -0.3 is 20.1 Å². The summed E-state index contributed by atoms with van der Waals surface area (Å²) in [4.78, 5) is 0. The highest BCUT2D eigenvalue weighted by atomic mass is 16.5. The fourth-order valence-electron chi connectivity index (χ4n) is 4.59. The number of hydrogen-bond acceptors (Lipinski definition) is 4. The molecular formula is C29H36O4. The topological polar surface area (TPSA) is 69.9 Å². The fourth-order valence-corrected chi connectivity index (χ4v) is 4.59. The molecule has 0 fully saturated rings. The molecular weight excluding hydrogens is 412 g/mol. The quantitative estimate of drug-likeness (QED) is 0.384. The molecule has 33 heavy (non-hydrogen) atoms. The summed E-state index contributed by atoms with van der Waals surface area (Å²) < 4.78 is 6.17. The van der Waals surface area contributed by atoms with Gasteiger partial charge in [0.1, 0.15) is 12.4 Å². The summed E-state index contributed by atoms with van der Waals surface area (Å²) in [7, 11) is 0. The first-order chi connectivity index (χ1) is 15.8. The van der Waals surface area contributed by atoms with Crippen LogP contribution in [-0.4, -0.2) is 15.3 Å². The molecule has 3 N–H and O–H groups in total. The summed E-state index contributed by atoms with van der Waals surface area (Å²) in [6, 6.07) is 15.9. The van der Waals surface area contributed by atoms with E-state index in [0.29, 0.717) is 19.4 Å². The van der Waals surface area contributed by atoms with Crippen LogP contribution in [0.15, 0.2) is 48.5 Å². The van der Waals surface area contributed by atoms with Crippen molar-refractivity contribution >= 4 is 0 Å². The van der Waals surface area contributed by atoms with Crippen molar-refractivity contribution in [2.24, 2.45) is 0 Å². The lowest BCUT2D eigenvalue weighted by atomic mass is 9.83. The SMILES string of the molecule is CCC(O)(CC)c1cc(C)c(-c2cccc(OCc3ccc(CO)c(CO)c3)c2C)c(C)c1. The van der Waals surface area contributed by atoms with Gasteiger partial charge in [-0.25, -0.2) is 0 Å². The fraction of sp³-hybridized carbons (Fsp3) is 0.379. The number of aryl methyl sites for hydroxylation is 2. The van der Waals surface area contributed by atoms with Crippen molar-refractivity contribution < 1.29 is 20.1 Å². The van der Waals surface area contributed by atoms with Gasteiger partial charge in [0.2, 0.25) is 0 Å². The van der Waals surface area contributed by atoms with Gasteiger partial charge in [0.15, 0.2) is 0 Å². The second-order valence-corrected chi connectivity index (χ2v) is 8.86. The second-order valence-electron chi connectivity index (χ2n) is 8.86. The minimum absolute atomic E-state index is 0.0937. The molecule has 0 atom stereocenters. The summed E-state index contributed by atoms with van der Waals surface area (Å²) in [6.45, 7) is 10.5. The van der Waals surface area contributed by atoms with Crippen LogP contribution in [0.4, 0.5) is 0 Å². The third-order valence-corrected chi connectivity index (χ3v) is 6.80. The molecule has 3 aromatic carbocycles. The lowest BCUT2D eigenvalue weighted by molar-refractivity contribution is 0.0283. The number of aliphatic hydroxyl groups excluding tert-OH is 2. The summed E-state index contributed by atoms with van der Waals surface area (Å²) in [5, 5.41) is 30.0. The Morgan fingerprint density at radius 1 is 0.818 bits per heavy atom. The lowest BCUT2D eigenvalue weighted by Gasteiger charge is -2.28. The van der Waals surface area contributed by atoms with Crippen molar-refractivity contribution in [3.8, 4) is 16.9 Å². The van der Waals surface area contributed by atoms with Crippen molar-refractivity contribution in [1.29, 1.82) is 0 Å². The van der Waals surface area contributed by atoms with Crippen molar-refractivity contribution in [2.75, 3.05) is 0 Å². The van der Waals surface area contributed by atoms with Crippen LogP contribution < -0.4 is 4.74 Å². The van der Waals surface area contributed by atoms with Crippen LogP contribution in [-0.2, 0) is 25.4 Å². The molecule has 0 unspecified atom stereocenters. The van der Waals surface area contributed by atoms with Crippen LogP contribution in [0.3, 0.4) is 0 Å². The summed E-state index contributed by atoms with van der Waals surface area (Å²) in [5.74, 6) is 0.811. The molecule has 4 heteroatoms.